The molecule has 1 heterocycles. The maximum atomic E-state index is 10.7. The Bertz CT molecular complexity index is 1460. The van der Waals surface area contributed by atoms with Gasteiger partial charge in [0.2, 0.25) is 0 Å². The number of rotatable bonds is 10. The predicted octanol–water partition coefficient (Wildman–Crippen LogP) is 6.44. The zero-order valence-electron chi connectivity index (χ0n) is 28.2. The Balaban J connectivity index is 0.000000461. The SMILES string of the molecule is C1CCOC1.COC(=O)[CH-]CC(C)=O.O=S(=O)([O-])C(F)(F)F.[Pd+2].c1ccc(P(CCP(c2ccccc2)c2ccccc2)c2ccccc2)cc1. The molecule has 1 aliphatic heterocycles. The first-order chi connectivity index (χ1) is 23.8. The molecule has 0 spiro atoms. The van der Waals surface area contributed by atoms with E-state index in [1.54, 1.807) is 0 Å². The molecule has 7 nitrogen and oxygen atoms in total. The molecule has 5 rings (SSSR count). The minimum atomic E-state index is -6.09. The molecule has 0 saturated carbocycles. The van der Waals surface area contributed by atoms with Gasteiger partial charge in [0.05, 0.1) is 7.11 Å². The van der Waals surface area contributed by atoms with Crippen LogP contribution in [0.25, 0.3) is 0 Å². The average Bonchev–Trinajstić information content (AvgIpc) is 3.71. The van der Waals surface area contributed by atoms with E-state index in [0.29, 0.717) is 0 Å². The number of methoxy groups -OCH3 is 1. The van der Waals surface area contributed by atoms with Gasteiger partial charge in [-0.1, -0.05) is 128 Å². The molecule has 4 aromatic carbocycles. The Labute approximate surface area is 315 Å². The molecule has 0 N–H and O–H groups in total. The largest absolute Gasteiger partial charge is 2.00 e. The van der Waals surface area contributed by atoms with Gasteiger partial charge in [-0.2, -0.15) is 13.2 Å². The van der Waals surface area contributed by atoms with Gasteiger partial charge >= 0.3 is 25.9 Å². The van der Waals surface area contributed by atoms with Crippen LogP contribution in [0, 0.1) is 6.42 Å². The third-order valence-electron chi connectivity index (χ3n) is 6.69. The van der Waals surface area contributed by atoms with Crippen molar-refractivity contribution in [2.75, 3.05) is 32.6 Å². The summed E-state index contributed by atoms with van der Waals surface area (Å²) in [4.78, 5) is 20.5. The number of esters is 1. The van der Waals surface area contributed by atoms with Gasteiger partial charge in [0.25, 0.3) is 0 Å². The van der Waals surface area contributed by atoms with Gasteiger partial charge in [0.15, 0.2) is 16.1 Å². The van der Waals surface area contributed by atoms with Crippen LogP contribution in [0.3, 0.4) is 0 Å². The number of hydrogen-bond donors (Lipinski definition) is 0. The standard InChI is InChI=1S/C26H24P2.C6H9O3.C4H8O.CHF3O3S.Pd/c1-5-13-23(14-6-1)27(24-15-7-2-8-16-24)21-22-28(25-17-9-3-10-18-25)26-19-11-4-12-20-26;1-5(7)3-4-6(8)9-2;1-2-4-5-3-1;2-1(3,4)8(5,6)7;/h1-20H,21-22H2;4H,3H2,1-2H3;1-4H2;(H,5,6,7);/q;-1;;;+2/p-1. The number of halogens is 3. The van der Waals surface area contributed by atoms with Crippen molar-refractivity contribution in [3.63, 3.8) is 0 Å². The van der Waals surface area contributed by atoms with Gasteiger partial charge in [-0.25, -0.2) is 8.42 Å². The monoisotopic (exact) mass is 854 g/mol. The van der Waals surface area contributed by atoms with E-state index in [2.05, 4.69) is 126 Å². The number of Topliss-reactive ketones (excluding diaryl/α,β-unsaturated/α-hetero) is 1. The Morgan fingerprint density at radius 2 is 1.02 bits per heavy atom. The van der Waals surface area contributed by atoms with Crippen molar-refractivity contribution in [1.29, 1.82) is 0 Å². The maximum absolute atomic E-state index is 10.7. The molecule has 278 valence electrons. The molecule has 0 radical (unpaired) electrons. The summed E-state index contributed by atoms with van der Waals surface area (Å²) in [6.07, 6.45) is 6.34. The van der Waals surface area contributed by atoms with E-state index in [4.69, 9.17) is 17.7 Å². The molecule has 0 atom stereocenters. The summed E-state index contributed by atoms with van der Waals surface area (Å²) < 4.78 is 68.1. The molecular weight excluding hydrogens is 814 g/mol. The first kappa shape index (κ1) is 46.1. The Morgan fingerprint density at radius 3 is 1.22 bits per heavy atom. The molecule has 4 aromatic rings. The van der Waals surface area contributed by atoms with Gasteiger partial charge in [-0.15, -0.1) is 0 Å². The summed E-state index contributed by atoms with van der Waals surface area (Å²) in [5.41, 5.74) is -5.65. The van der Waals surface area contributed by atoms with E-state index in [-0.39, 0.29) is 48.5 Å². The van der Waals surface area contributed by atoms with Crippen LogP contribution in [0.15, 0.2) is 121 Å². The number of carbonyl (C=O) groups is 2. The van der Waals surface area contributed by atoms with Crippen LogP contribution in [0.4, 0.5) is 13.2 Å². The zero-order chi connectivity index (χ0) is 36.8. The van der Waals surface area contributed by atoms with Crippen molar-refractivity contribution in [1.82, 2.24) is 0 Å². The molecule has 14 heteroatoms. The van der Waals surface area contributed by atoms with Crippen molar-refractivity contribution in [2.24, 2.45) is 0 Å². The Hall–Kier alpha value is -2.93. The normalized spacial score (nSPS) is 12.1. The fraction of sp³-hybridized carbons (Fsp3) is 0.270. The van der Waals surface area contributed by atoms with Gasteiger partial charge in [-0.05, 0) is 69.2 Å². The molecular formula is C37H41F3O7P2PdS. The van der Waals surface area contributed by atoms with Crippen molar-refractivity contribution < 1.29 is 65.6 Å². The van der Waals surface area contributed by atoms with Crippen LogP contribution in [0.2, 0.25) is 0 Å². The van der Waals surface area contributed by atoms with Crippen molar-refractivity contribution in [3.05, 3.63) is 128 Å². The number of alkyl halides is 3. The van der Waals surface area contributed by atoms with Crippen LogP contribution in [0.5, 0.6) is 0 Å². The van der Waals surface area contributed by atoms with Gasteiger partial charge in [-0.3, -0.25) is 11.2 Å². The van der Waals surface area contributed by atoms with Crippen molar-refractivity contribution in [2.45, 2.75) is 31.7 Å². The molecule has 1 aliphatic rings. The van der Waals surface area contributed by atoms with Gasteiger partial charge in [0.1, 0.15) is 5.78 Å². The average molecular weight is 855 g/mol. The summed E-state index contributed by atoms with van der Waals surface area (Å²) >= 11 is 0. The Morgan fingerprint density at radius 1 is 0.725 bits per heavy atom. The molecule has 51 heavy (non-hydrogen) atoms. The minimum Gasteiger partial charge on any atom is -0.741 e. The van der Waals surface area contributed by atoms with Gasteiger partial charge < -0.3 is 18.8 Å². The van der Waals surface area contributed by atoms with Crippen LogP contribution < -0.4 is 21.2 Å². The maximum Gasteiger partial charge on any atom is 2.00 e. The van der Waals surface area contributed by atoms with E-state index in [1.807, 2.05) is 0 Å². The van der Waals surface area contributed by atoms with E-state index in [1.165, 1.54) is 66.8 Å². The van der Waals surface area contributed by atoms with Gasteiger partial charge in [0, 0.05) is 13.2 Å². The van der Waals surface area contributed by atoms with Crippen LogP contribution in [-0.4, -0.2) is 62.9 Å². The van der Waals surface area contributed by atoms with E-state index >= 15 is 0 Å². The molecule has 0 aliphatic carbocycles. The smallest absolute Gasteiger partial charge is 0.741 e. The molecule has 1 fully saturated rings. The molecule has 0 aromatic heterocycles. The second-order valence-corrected chi connectivity index (χ2v) is 16.5. The van der Waals surface area contributed by atoms with E-state index < -0.39 is 21.6 Å². The molecule has 0 amide bonds. The van der Waals surface area contributed by atoms with Crippen LogP contribution >= 0.6 is 15.8 Å². The van der Waals surface area contributed by atoms with Crippen LogP contribution in [0.1, 0.15) is 26.2 Å². The number of carbonyl (C=O) groups excluding carboxylic acids is 2. The topological polar surface area (TPSA) is 110 Å². The van der Waals surface area contributed by atoms with Crippen molar-refractivity contribution in [3.8, 4) is 0 Å². The summed E-state index contributed by atoms with van der Waals surface area (Å²) in [6.45, 7) is 3.42. The zero-order valence-corrected chi connectivity index (χ0v) is 32.3. The van der Waals surface area contributed by atoms with Crippen LogP contribution in [-0.2, 0) is 49.6 Å². The second kappa shape index (κ2) is 25.1. The fourth-order valence-electron chi connectivity index (χ4n) is 4.27. The molecule has 0 bridgehead atoms. The number of hydrogen-bond acceptors (Lipinski definition) is 7. The summed E-state index contributed by atoms with van der Waals surface area (Å²) in [5.74, 6) is -0.495. The third-order valence-corrected chi connectivity index (χ3v) is 12.6. The van der Waals surface area contributed by atoms with E-state index in [0.717, 1.165) is 13.2 Å². The Kier molecular flexibility index (Phi) is 22.7. The quantitative estimate of drug-likeness (QED) is 0.0452. The number of ether oxygens (including phenoxy) is 2. The molecule has 1 saturated heterocycles. The minimum absolute atomic E-state index is 0. The molecule has 0 unspecified atom stereocenters. The second-order valence-electron chi connectivity index (χ2n) is 10.5. The number of ketones is 1. The van der Waals surface area contributed by atoms with Crippen molar-refractivity contribution >= 4 is 58.9 Å². The number of benzene rings is 4. The predicted molar refractivity (Wildman–Crippen MR) is 195 cm³/mol. The summed E-state index contributed by atoms with van der Waals surface area (Å²) in [7, 11) is -5.51. The summed E-state index contributed by atoms with van der Waals surface area (Å²) in [5, 5.41) is 5.89. The first-order valence-corrected chi connectivity index (χ1v) is 20.1. The van der Waals surface area contributed by atoms with E-state index in [9.17, 15) is 22.8 Å². The third kappa shape index (κ3) is 18.9. The summed E-state index contributed by atoms with van der Waals surface area (Å²) in [6, 6.07) is 44.2. The first-order valence-electron chi connectivity index (χ1n) is 15.6. The fourth-order valence-corrected chi connectivity index (χ4v) is 9.62.